The molecule has 1 amide bonds. The van der Waals surface area contributed by atoms with E-state index in [2.05, 4.69) is 17.5 Å². The van der Waals surface area contributed by atoms with Crippen molar-refractivity contribution < 1.29 is 9.59 Å². The van der Waals surface area contributed by atoms with Gasteiger partial charge < -0.3 is 11.1 Å². The second-order valence-electron chi connectivity index (χ2n) is 8.90. The van der Waals surface area contributed by atoms with E-state index >= 15 is 0 Å². The normalized spacial score (nSPS) is 22.1. The number of nitrogens with one attached hydrogen (secondary N) is 1. The van der Waals surface area contributed by atoms with Gasteiger partial charge in [0.05, 0.1) is 5.57 Å². The number of aryl methyl sites for hydroxylation is 3. The predicted molar refractivity (Wildman–Crippen MR) is 123 cm³/mol. The molecule has 3 N–H and O–H groups in total. The van der Waals surface area contributed by atoms with Crippen LogP contribution in [0.4, 0.5) is 11.4 Å². The van der Waals surface area contributed by atoms with E-state index in [1.165, 1.54) is 0 Å². The van der Waals surface area contributed by atoms with Gasteiger partial charge in [0.25, 0.3) is 0 Å². The summed E-state index contributed by atoms with van der Waals surface area (Å²) in [4.78, 5) is 28.9. The number of nitrogens with two attached hydrogens (primary N) is 1. The Hall–Kier alpha value is -3.85. The lowest BCUT2D eigenvalue weighted by molar-refractivity contribution is -0.122. The molecular formula is C26H24N4O2. The third-order valence-corrected chi connectivity index (χ3v) is 6.65. The number of allylic oxidation sites excluding steroid dienone is 1. The number of rotatable bonds is 1. The molecule has 2 aromatic carbocycles. The van der Waals surface area contributed by atoms with Crippen LogP contribution in [0.15, 0.2) is 59.1 Å². The molecule has 2 heterocycles. The zero-order valence-electron chi connectivity index (χ0n) is 18.4. The second-order valence-corrected chi connectivity index (χ2v) is 8.90. The standard InChI is InChI=1S/C26H24N4O2/c1-14-7-8-20-18(12-14)26(25(32)29-20)19(13-27)24(28)30(17-10-15(2)9-16(3)11-17)21-5-4-6-22(31)23(21)26/h7-12H,4-6,28H2,1-3H3,(H,29,32)/t26-/m1/s1. The third-order valence-electron chi connectivity index (χ3n) is 6.65. The molecule has 3 aliphatic rings. The number of Topliss-reactive ketones (excluding diaryl/α,β-unsaturated/α-hetero) is 1. The first-order chi connectivity index (χ1) is 15.3. The smallest absolute Gasteiger partial charge is 0.245 e. The molecule has 2 aromatic rings. The molecule has 32 heavy (non-hydrogen) atoms. The summed E-state index contributed by atoms with van der Waals surface area (Å²) in [6.07, 6.45) is 1.62. The summed E-state index contributed by atoms with van der Waals surface area (Å²) in [7, 11) is 0. The summed E-state index contributed by atoms with van der Waals surface area (Å²) in [5.74, 6) is -0.290. The van der Waals surface area contributed by atoms with Gasteiger partial charge in [0.1, 0.15) is 17.3 Å². The van der Waals surface area contributed by atoms with Crippen LogP contribution in [0, 0.1) is 32.1 Å². The molecule has 1 aliphatic carbocycles. The molecule has 0 radical (unpaired) electrons. The van der Waals surface area contributed by atoms with Crippen LogP contribution in [0.2, 0.25) is 0 Å². The Morgan fingerprint density at radius 2 is 1.75 bits per heavy atom. The van der Waals surface area contributed by atoms with Crippen LogP contribution in [0.3, 0.4) is 0 Å². The van der Waals surface area contributed by atoms with Crippen molar-refractivity contribution in [2.45, 2.75) is 45.4 Å². The summed E-state index contributed by atoms with van der Waals surface area (Å²) < 4.78 is 0. The molecule has 0 saturated carbocycles. The minimum absolute atomic E-state index is 0.104. The highest BCUT2D eigenvalue weighted by atomic mass is 16.2. The maximum absolute atomic E-state index is 13.6. The van der Waals surface area contributed by atoms with Gasteiger partial charge in [-0.25, -0.2) is 0 Å². The lowest BCUT2D eigenvalue weighted by atomic mass is 9.63. The summed E-state index contributed by atoms with van der Waals surface area (Å²) in [5, 5.41) is 13.2. The Morgan fingerprint density at radius 1 is 1.03 bits per heavy atom. The molecule has 160 valence electrons. The number of amides is 1. The number of carbonyl (C=O) groups is 2. The van der Waals surface area contributed by atoms with Crippen LogP contribution in [-0.4, -0.2) is 11.7 Å². The number of anilines is 2. The van der Waals surface area contributed by atoms with Crippen molar-refractivity contribution in [1.82, 2.24) is 0 Å². The molecule has 5 rings (SSSR count). The minimum Gasteiger partial charge on any atom is -0.384 e. The molecule has 0 aromatic heterocycles. The topological polar surface area (TPSA) is 99.2 Å². The van der Waals surface area contributed by atoms with Crippen LogP contribution >= 0.6 is 0 Å². The Bertz CT molecular complexity index is 1310. The zero-order chi connectivity index (χ0) is 22.8. The largest absolute Gasteiger partial charge is 0.384 e. The summed E-state index contributed by atoms with van der Waals surface area (Å²) in [6, 6.07) is 13.9. The lowest BCUT2D eigenvalue weighted by Gasteiger charge is -2.43. The number of nitriles is 1. The molecule has 1 spiro atoms. The van der Waals surface area contributed by atoms with E-state index in [-0.39, 0.29) is 23.1 Å². The van der Waals surface area contributed by atoms with E-state index in [0.717, 1.165) is 22.4 Å². The second kappa shape index (κ2) is 6.83. The molecule has 0 bridgehead atoms. The Balaban J connectivity index is 1.90. The average molecular weight is 425 g/mol. The summed E-state index contributed by atoms with van der Waals surface area (Å²) in [6.45, 7) is 5.92. The fraction of sp³-hybridized carbons (Fsp3) is 0.269. The van der Waals surface area contributed by atoms with E-state index in [1.54, 1.807) is 0 Å². The van der Waals surface area contributed by atoms with Gasteiger partial charge in [-0.1, -0.05) is 23.8 Å². The highest BCUT2D eigenvalue weighted by Crippen LogP contribution is 2.55. The van der Waals surface area contributed by atoms with Crippen molar-refractivity contribution in [2.24, 2.45) is 5.73 Å². The van der Waals surface area contributed by atoms with Gasteiger partial charge in [-0.2, -0.15) is 5.26 Å². The van der Waals surface area contributed by atoms with E-state index in [1.807, 2.05) is 56.0 Å². The number of benzene rings is 2. The van der Waals surface area contributed by atoms with E-state index in [9.17, 15) is 14.9 Å². The molecule has 0 saturated heterocycles. The molecule has 1 atom stereocenters. The third kappa shape index (κ3) is 2.51. The summed E-state index contributed by atoms with van der Waals surface area (Å²) in [5.41, 5.74) is 11.5. The minimum atomic E-state index is -1.51. The van der Waals surface area contributed by atoms with E-state index in [0.29, 0.717) is 41.8 Å². The zero-order valence-corrected chi connectivity index (χ0v) is 18.4. The molecular weight excluding hydrogens is 400 g/mol. The van der Waals surface area contributed by atoms with Gasteiger partial charge in [0, 0.05) is 34.6 Å². The van der Waals surface area contributed by atoms with Crippen LogP contribution in [0.5, 0.6) is 0 Å². The van der Waals surface area contributed by atoms with Crippen LogP contribution in [0.1, 0.15) is 41.5 Å². The number of hydrogen-bond donors (Lipinski definition) is 2. The van der Waals surface area contributed by atoms with Crippen molar-refractivity contribution >= 4 is 23.1 Å². The molecule has 0 unspecified atom stereocenters. The van der Waals surface area contributed by atoms with Crippen LogP contribution in [0.25, 0.3) is 0 Å². The first-order valence-electron chi connectivity index (χ1n) is 10.8. The van der Waals surface area contributed by atoms with Crippen LogP contribution in [-0.2, 0) is 15.0 Å². The maximum Gasteiger partial charge on any atom is 0.245 e. The quantitative estimate of drug-likeness (QED) is 0.720. The van der Waals surface area contributed by atoms with Gasteiger partial charge >= 0.3 is 0 Å². The van der Waals surface area contributed by atoms with Gasteiger partial charge in [-0.15, -0.1) is 0 Å². The monoisotopic (exact) mass is 424 g/mol. The van der Waals surface area contributed by atoms with Gasteiger partial charge in [-0.3, -0.25) is 14.5 Å². The van der Waals surface area contributed by atoms with Gasteiger partial charge in [0.15, 0.2) is 5.78 Å². The van der Waals surface area contributed by atoms with Crippen LogP contribution < -0.4 is 16.0 Å². The molecule has 0 fully saturated rings. The van der Waals surface area contributed by atoms with Crippen molar-refractivity contribution in [3.05, 3.63) is 81.3 Å². The molecule has 6 heteroatoms. The van der Waals surface area contributed by atoms with Crippen molar-refractivity contribution in [3.8, 4) is 6.07 Å². The maximum atomic E-state index is 13.6. The van der Waals surface area contributed by atoms with Crippen molar-refractivity contribution in [1.29, 1.82) is 5.26 Å². The molecule has 2 aliphatic heterocycles. The fourth-order valence-electron chi connectivity index (χ4n) is 5.48. The van der Waals surface area contributed by atoms with Gasteiger partial charge in [0.2, 0.25) is 5.91 Å². The molecule has 6 nitrogen and oxygen atoms in total. The summed E-state index contributed by atoms with van der Waals surface area (Å²) >= 11 is 0. The highest BCUT2D eigenvalue weighted by Gasteiger charge is 2.60. The van der Waals surface area contributed by atoms with Crippen molar-refractivity contribution in [2.75, 3.05) is 10.2 Å². The Kier molecular flexibility index (Phi) is 4.28. The number of ketones is 1. The first kappa shape index (κ1) is 20.1. The fourth-order valence-corrected chi connectivity index (χ4v) is 5.48. The number of fused-ring (bicyclic) bond motifs is 3. The SMILES string of the molecule is Cc1cc(C)cc(N2C(N)=C(C#N)[C@@]3(C(=O)Nc4ccc(C)cc43)C3=C2CCCC3=O)c1. The predicted octanol–water partition coefficient (Wildman–Crippen LogP) is 4.02. The number of hydrogen-bond acceptors (Lipinski definition) is 5. The number of nitrogens with zero attached hydrogens (tertiary/aromatic N) is 2. The van der Waals surface area contributed by atoms with Gasteiger partial charge in [-0.05, 0) is 62.9 Å². The number of carbonyl (C=O) groups excluding carboxylic acids is 2. The lowest BCUT2D eigenvalue weighted by Crippen LogP contribution is -2.50. The highest BCUT2D eigenvalue weighted by molar-refractivity contribution is 6.19. The average Bonchev–Trinajstić information content (AvgIpc) is 3.00. The van der Waals surface area contributed by atoms with E-state index < -0.39 is 5.41 Å². The van der Waals surface area contributed by atoms with Crippen molar-refractivity contribution in [3.63, 3.8) is 0 Å². The van der Waals surface area contributed by atoms with E-state index in [4.69, 9.17) is 5.73 Å². The first-order valence-corrected chi connectivity index (χ1v) is 10.8. The Labute approximate surface area is 187 Å². The Morgan fingerprint density at radius 3 is 2.44 bits per heavy atom.